The number of hydrogen-bond acceptors (Lipinski definition) is 3. The lowest BCUT2D eigenvalue weighted by Gasteiger charge is -2.30. The Bertz CT molecular complexity index is 2180. The Labute approximate surface area is 231 Å². The molecule has 0 fully saturated rings. The van der Waals surface area contributed by atoms with Crippen molar-refractivity contribution in [3.8, 4) is 17.1 Å². The second-order valence-electron chi connectivity index (χ2n) is 10.7. The fourth-order valence-electron chi connectivity index (χ4n) is 7.15. The van der Waals surface area contributed by atoms with E-state index < -0.39 is 9.84 Å². The normalized spacial score (nSPS) is 20.8. The van der Waals surface area contributed by atoms with Crippen LogP contribution in [0.4, 0.5) is 0 Å². The van der Waals surface area contributed by atoms with Crippen LogP contribution >= 0.6 is 0 Å². The lowest BCUT2D eigenvalue weighted by Crippen LogP contribution is -2.19. The van der Waals surface area contributed by atoms with Gasteiger partial charge in [-0.2, -0.15) is 0 Å². The topological polar surface area (TPSA) is 52.0 Å². The van der Waals surface area contributed by atoms with Gasteiger partial charge in [0.2, 0.25) is 9.84 Å². The maximum Gasteiger partial charge on any atom is 0.211 e. The zero-order valence-corrected chi connectivity index (χ0v) is 22.1. The van der Waals surface area contributed by atoms with Crippen molar-refractivity contribution >= 4 is 32.0 Å². The van der Waals surface area contributed by atoms with Crippen molar-refractivity contribution in [1.29, 1.82) is 0 Å². The number of para-hydroxylation sites is 1. The summed E-state index contributed by atoms with van der Waals surface area (Å²) in [6.45, 7) is 0. The molecular formula is C35H22N2O2S. The number of aromatic nitrogens is 2. The van der Waals surface area contributed by atoms with Gasteiger partial charge in [0.25, 0.3) is 0 Å². The molecule has 4 nitrogen and oxygen atoms in total. The second-order valence-corrected chi connectivity index (χ2v) is 12.6. The van der Waals surface area contributed by atoms with Crippen LogP contribution in [0.3, 0.4) is 0 Å². The maximum atomic E-state index is 14.5. The maximum absolute atomic E-state index is 14.5. The molecule has 5 heteroatoms. The first-order valence-electron chi connectivity index (χ1n) is 13.5. The van der Waals surface area contributed by atoms with Crippen LogP contribution in [0.1, 0.15) is 22.6 Å². The first kappa shape index (κ1) is 22.1. The molecule has 2 atom stereocenters. The predicted molar refractivity (Wildman–Crippen MR) is 158 cm³/mol. The Morgan fingerprint density at radius 2 is 1.57 bits per heavy atom. The highest BCUT2D eigenvalue weighted by molar-refractivity contribution is 7.92. The lowest BCUT2D eigenvalue weighted by molar-refractivity contribution is 0.594. The first-order valence-corrected chi connectivity index (χ1v) is 15.0. The molecule has 0 N–H and O–H groups in total. The van der Waals surface area contributed by atoms with Crippen LogP contribution in [0.25, 0.3) is 39.3 Å². The SMILES string of the molecule is O=S1(=O)c2c(C3=C4C=CC=C5c6ccccc6C(C=C3)C54)cccc2-n2c(-c3ccccc3)nc3cccc1c32. The summed E-state index contributed by atoms with van der Waals surface area (Å²) in [7, 11) is -3.83. The number of imidazole rings is 1. The molecule has 4 aromatic carbocycles. The Morgan fingerprint density at radius 3 is 2.48 bits per heavy atom. The average molecular weight is 535 g/mol. The second kappa shape index (κ2) is 7.68. The van der Waals surface area contributed by atoms with Crippen molar-refractivity contribution in [2.75, 3.05) is 0 Å². The van der Waals surface area contributed by atoms with E-state index >= 15 is 0 Å². The van der Waals surface area contributed by atoms with E-state index in [4.69, 9.17) is 4.98 Å². The minimum absolute atomic E-state index is 0.177. The molecule has 4 aliphatic rings. The number of sulfone groups is 1. The molecule has 0 bridgehead atoms. The molecule has 2 unspecified atom stereocenters. The van der Waals surface area contributed by atoms with Crippen LogP contribution in [-0.4, -0.2) is 18.0 Å². The van der Waals surface area contributed by atoms with Crippen molar-refractivity contribution in [3.63, 3.8) is 0 Å². The summed E-state index contributed by atoms with van der Waals surface area (Å²) < 4.78 is 30.9. The monoisotopic (exact) mass is 534 g/mol. The summed E-state index contributed by atoms with van der Waals surface area (Å²) in [6.07, 6.45) is 10.9. The first-order chi connectivity index (χ1) is 19.6. The number of nitrogens with zero attached hydrogens (tertiary/aromatic N) is 2. The number of fused-ring (bicyclic) bond motifs is 5. The minimum atomic E-state index is -3.83. The molecule has 40 heavy (non-hydrogen) atoms. The predicted octanol–water partition coefficient (Wildman–Crippen LogP) is 7.53. The third kappa shape index (κ3) is 2.70. The van der Waals surface area contributed by atoms with Gasteiger partial charge in [-0.1, -0.05) is 103 Å². The van der Waals surface area contributed by atoms with E-state index in [-0.39, 0.29) is 11.8 Å². The molecule has 0 saturated carbocycles. The molecule has 3 aliphatic carbocycles. The summed E-state index contributed by atoms with van der Waals surface area (Å²) >= 11 is 0. The van der Waals surface area contributed by atoms with Gasteiger partial charge in [-0.05, 0) is 46.0 Å². The smallest absolute Gasteiger partial charge is 0.211 e. The zero-order valence-electron chi connectivity index (χ0n) is 21.3. The van der Waals surface area contributed by atoms with Crippen molar-refractivity contribution in [1.82, 2.24) is 9.55 Å². The van der Waals surface area contributed by atoms with Gasteiger partial charge < -0.3 is 0 Å². The van der Waals surface area contributed by atoms with E-state index in [1.807, 2.05) is 59.2 Å². The number of allylic oxidation sites excluding steroid dienone is 8. The van der Waals surface area contributed by atoms with E-state index in [0.29, 0.717) is 26.5 Å². The van der Waals surface area contributed by atoms with Crippen LogP contribution in [0.2, 0.25) is 0 Å². The Morgan fingerprint density at radius 1 is 0.775 bits per heavy atom. The molecule has 5 aromatic rings. The van der Waals surface area contributed by atoms with Gasteiger partial charge in [-0.15, -0.1) is 0 Å². The van der Waals surface area contributed by atoms with Crippen LogP contribution in [0.15, 0.2) is 137 Å². The molecule has 2 heterocycles. The van der Waals surface area contributed by atoms with E-state index in [1.165, 1.54) is 22.3 Å². The number of hydrogen-bond donors (Lipinski definition) is 0. The molecule has 0 amide bonds. The fraction of sp³-hybridized carbons (Fsp3) is 0.0571. The standard InChI is InChI=1S/C35H22N2O2S/c38-40(39)31-18-8-16-29-33(31)37(35(36-29)21-9-2-1-3-10-21)30-17-7-15-28(34(30)40)24-19-20-27-23-12-5-4-11-22(23)25-13-6-14-26(24)32(25)27/h1-20,27,32H. The van der Waals surface area contributed by atoms with E-state index in [2.05, 4.69) is 54.6 Å². The largest absolute Gasteiger partial charge is 0.290 e. The summed E-state index contributed by atoms with van der Waals surface area (Å²) in [5.41, 5.74) is 9.69. The Kier molecular flexibility index (Phi) is 4.24. The summed E-state index contributed by atoms with van der Waals surface area (Å²) in [5.74, 6) is 1.17. The van der Waals surface area contributed by atoms with E-state index in [0.717, 1.165) is 22.5 Å². The average Bonchev–Trinajstić information content (AvgIpc) is 3.55. The van der Waals surface area contributed by atoms with E-state index in [9.17, 15) is 8.42 Å². The minimum Gasteiger partial charge on any atom is -0.290 e. The number of benzene rings is 4. The van der Waals surface area contributed by atoms with Gasteiger partial charge >= 0.3 is 0 Å². The molecule has 1 aromatic heterocycles. The highest BCUT2D eigenvalue weighted by Crippen LogP contribution is 2.56. The van der Waals surface area contributed by atoms with Gasteiger partial charge in [0.05, 0.1) is 21.6 Å². The Balaban J connectivity index is 1.34. The molecule has 0 radical (unpaired) electrons. The number of rotatable bonds is 2. The molecule has 190 valence electrons. The van der Waals surface area contributed by atoms with Gasteiger partial charge in [0.1, 0.15) is 10.7 Å². The summed E-state index contributed by atoms with van der Waals surface area (Å²) in [4.78, 5) is 5.58. The Hall–Kier alpha value is -4.74. The van der Waals surface area contributed by atoms with Gasteiger partial charge in [0.15, 0.2) is 0 Å². The third-order valence-corrected chi connectivity index (χ3v) is 10.6. The summed E-state index contributed by atoms with van der Waals surface area (Å²) in [5, 5.41) is 0. The molecule has 0 spiro atoms. The van der Waals surface area contributed by atoms with Gasteiger partial charge in [0, 0.05) is 23.0 Å². The van der Waals surface area contributed by atoms with Crippen molar-refractivity contribution in [3.05, 3.63) is 144 Å². The molecule has 9 rings (SSSR count). The molecule has 1 aliphatic heterocycles. The van der Waals surface area contributed by atoms with Crippen LogP contribution < -0.4 is 0 Å². The molecular weight excluding hydrogens is 512 g/mol. The van der Waals surface area contributed by atoms with Crippen molar-refractivity contribution < 1.29 is 8.42 Å². The zero-order chi connectivity index (χ0) is 26.6. The highest BCUT2D eigenvalue weighted by atomic mass is 32.2. The quantitative estimate of drug-likeness (QED) is 0.231. The lowest BCUT2D eigenvalue weighted by atomic mass is 9.74. The van der Waals surface area contributed by atoms with Crippen molar-refractivity contribution in [2.24, 2.45) is 5.92 Å². The van der Waals surface area contributed by atoms with Gasteiger partial charge in [-0.3, -0.25) is 4.57 Å². The van der Waals surface area contributed by atoms with Crippen LogP contribution in [-0.2, 0) is 9.84 Å². The van der Waals surface area contributed by atoms with Gasteiger partial charge in [-0.25, -0.2) is 13.4 Å². The summed E-state index contributed by atoms with van der Waals surface area (Å²) in [6, 6.07) is 29.8. The highest BCUT2D eigenvalue weighted by Gasteiger charge is 2.42. The van der Waals surface area contributed by atoms with Crippen molar-refractivity contribution in [2.45, 2.75) is 15.7 Å². The fourth-order valence-corrected chi connectivity index (χ4v) is 8.98. The third-order valence-electron chi connectivity index (χ3n) is 8.75. The van der Waals surface area contributed by atoms with E-state index in [1.54, 1.807) is 12.1 Å². The molecule has 0 saturated heterocycles. The van der Waals surface area contributed by atoms with Crippen LogP contribution in [0.5, 0.6) is 0 Å². The van der Waals surface area contributed by atoms with Crippen LogP contribution in [0, 0.1) is 5.92 Å².